The van der Waals surface area contributed by atoms with Gasteiger partial charge in [-0.05, 0) is 42.4 Å². The normalized spacial score (nSPS) is 17.9. The highest BCUT2D eigenvalue weighted by atomic mass is 35.5. The predicted molar refractivity (Wildman–Crippen MR) is 59.2 cm³/mol. The molecule has 17 heavy (non-hydrogen) atoms. The van der Waals surface area contributed by atoms with E-state index in [2.05, 4.69) is 4.74 Å². The van der Waals surface area contributed by atoms with Crippen LogP contribution < -0.4 is 4.74 Å². The monoisotopic (exact) mass is 264 g/mol. The van der Waals surface area contributed by atoms with E-state index in [1.807, 2.05) is 0 Å². The van der Waals surface area contributed by atoms with Gasteiger partial charge in [-0.1, -0.05) is 12.1 Å². The molecule has 0 unspecified atom stereocenters. The molecule has 1 saturated carbocycles. The molecule has 0 atom stereocenters. The molecule has 1 nitrogen and oxygen atoms in total. The fourth-order valence-corrected chi connectivity index (χ4v) is 2.14. The zero-order chi connectivity index (χ0) is 12.5. The number of hydrogen-bond acceptors (Lipinski definition) is 1. The lowest BCUT2D eigenvalue weighted by molar-refractivity contribution is -0.274. The van der Waals surface area contributed by atoms with Gasteiger partial charge in [0.05, 0.1) is 0 Å². The van der Waals surface area contributed by atoms with Gasteiger partial charge in [0.15, 0.2) is 0 Å². The summed E-state index contributed by atoms with van der Waals surface area (Å²) in [6.45, 7) is 0. The molecule has 5 heteroatoms. The Morgan fingerprint density at radius 3 is 2.18 bits per heavy atom. The van der Waals surface area contributed by atoms with Gasteiger partial charge in [-0.25, -0.2) is 0 Å². The molecular formula is C12H12ClF3O. The first-order chi connectivity index (χ1) is 7.92. The molecule has 2 rings (SSSR count). The van der Waals surface area contributed by atoms with Gasteiger partial charge in [0.25, 0.3) is 0 Å². The Kier molecular flexibility index (Phi) is 3.25. The topological polar surface area (TPSA) is 9.23 Å². The summed E-state index contributed by atoms with van der Waals surface area (Å²) in [5, 5.41) is 0. The Labute approximate surface area is 103 Å². The Morgan fingerprint density at radius 1 is 1.18 bits per heavy atom. The summed E-state index contributed by atoms with van der Waals surface area (Å²) >= 11 is 5.85. The van der Waals surface area contributed by atoms with Gasteiger partial charge in [-0.15, -0.1) is 24.8 Å². The van der Waals surface area contributed by atoms with Gasteiger partial charge in [0.1, 0.15) is 5.75 Å². The zero-order valence-electron chi connectivity index (χ0n) is 9.06. The number of halogens is 4. The Bertz CT molecular complexity index is 382. The number of alkyl halides is 4. The molecule has 0 N–H and O–H groups in total. The third kappa shape index (κ3) is 3.53. The Hall–Kier alpha value is -0.900. The Morgan fingerprint density at radius 2 is 1.76 bits per heavy atom. The van der Waals surface area contributed by atoms with Gasteiger partial charge in [0.2, 0.25) is 0 Å². The molecule has 0 amide bonds. The lowest BCUT2D eigenvalue weighted by atomic mass is 9.98. The highest BCUT2D eigenvalue weighted by molar-refractivity contribution is 6.18. The van der Waals surface area contributed by atoms with Crippen molar-refractivity contribution in [2.24, 2.45) is 5.41 Å². The van der Waals surface area contributed by atoms with Crippen molar-refractivity contribution in [2.45, 2.75) is 25.6 Å². The molecule has 0 heterocycles. The molecule has 1 aliphatic carbocycles. The molecule has 1 aromatic rings. The molecule has 0 aromatic heterocycles. The van der Waals surface area contributed by atoms with Gasteiger partial charge >= 0.3 is 6.36 Å². The maximum atomic E-state index is 11.9. The standard InChI is InChI=1S/C12H12ClF3O/c13-8-11(5-6-11)7-9-1-3-10(4-2-9)17-12(14,15)16/h1-4H,5-8H2. The van der Waals surface area contributed by atoms with Crippen molar-refractivity contribution in [1.29, 1.82) is 0 Å². The summed E-state index contributed by atoms with van der Waals surface area (Å²) in [4.78, 5) is 0. The first kappa shape index (κ1) is 12.6. The summed E-state index contributed by atoms with van der Waals surface area (Å²) in [5.41, 5.74) is 1.17. The van der Waals surface area contributed by atoms with Crippen LogP contribution in [0.5, 0.6) is 5.75 Å². The van der Waals surface area contributed by atoms with Crippen LogP contribution in [0.3, 0.4) is 0 Å². The molecule has 0 spiro atoms. The minimum atomic E-state index is -4.63. The third-order valence-corrected chi connectivity index (χ3v) is 3.54. The molecule has 1 fully saturated rings. The number of benzene rings is 1. The van der Waals surface area contributed by atoms with Crippen molar-refractivity contribution < 1.29 is 17.9 Å². The minimum absolute atomic E-state index is 0.175. The highest BCUT2D eigenvalue weighted by Gasteiger charge is 2.41. The van der Waals surface area contributed by atoms with E-state index in [-0.39, 0.29) is 11.2 Å². The van der Waals surface area contributed by atoms with Crippen molar-refractivity contribution in [2.75, 3.05) is 5.88 Å². The fraction of sp³-hybridized carbons (Fsp3) is 0.500. The van der Waals surface area contributed by atoms with Crippen LogP contribution in [0.15, 0.2) is 24.3 Å². The predicted octanol–water partition coefficient (Wildman–Crippen LogP) is 4.15. The van der Waals surface area contributed by atoms with E-state index in [9.17, 15) is 13.2 Å². The molecule has 0 bridgehead atoms. The van der Waals surface area contributed by atoms with E-state index in [1.54, 1.807) is 12.1 Å². The molecule has 1 aromatic carbocycles. The first-order valence-corrected chi connectivity index (χ1v) is 5.87. The van der Waals surface area contributed by atoms with Crippen LogP contribution in [0.1, 0.15) is 18.4 Å². The molecule has 94 valence electrons. The van der Waals surface area contributed by atoms with Crippen LogP contribution in [0.25, 0.3) is 0 Å². The molecule has 0 saturated heterocycles. The SMILES string of the molecule is FC(F)(F)Oc1ccc(CC2(CCl)CC2)cc1. The van der Waals surface area contributed by atoms with Crippen LogP contribution in [-0.2, 0) is 6.42 Å². The lowest BCUT2D eigenvalue weighted by Gasteiger charge is -2.12. The van der Waals surface area contributed by atoms with Crippen molar-refractivity contribution in [1.82, 2.24) is 0 Å². The van der Waals surface area contributed by atoms with Gasteiger partial charge < -0.3 is 4.74 Å². The van der Waals surface area contributed by atoms with E-state index < -0.39 is 6.36 Å². The zero-order valence-corrected chi connectivity index (χ0v) is 9.81. The van der Waals surface area contributed by atoms with Gasteiger partial charge in [-0.2, -0.15) is 0 Å². The van der Waals surface area contributed by atoms with Gasteiger partial charge in [-0.3, -0.25) is 0 Å². The first-order valence-electron chi connectivity index (χ1n) is 5.33. The quantitative estimate of drug-likeness (QED) is 0.743. The summed E-state index contributed by atoms with van der Waals surface area (Å²) < 4.78 is 39.6. The van der Waals surface area contributed by atoms with Crippen molar-refractivity contribution in [3.05, 3.63) is 29.8 Å². The van der Waals surface area contributed by atoms with Gasteiger partial charge in [0, 0.05) is 5.88 Å². The average Bonchev–Trinajstić information content (AvgIpc) is 3.00. The fourth-order valence-electron chi connectivity index (χ4n) is 1.78. The van der Waals surface area contributed by atoms with Crippen molar-refractivity contribution in [3.63, 3.8) is 0 Å². The van der Waals surface area contributed by atoms with E-state index in [0.29, 0.717) is 5.88 Å². The van der Waals surface area contributed by atoms with Crippen LogP contribution in [-0.4, -0.2) is 12.2 Å². The van der Waals surface area contributed by atoms with Crippen LogP contribution in [0.2, 0.25) is 0 Å². The van der Waals surface area contributed by atoms with E-state index in [1.165, 1.54) is 12.1 Å². The maximum Gasteiger partial charge on any atom is 0.573 e. The average molecular weight is 265 g/mol. The second-order valence-corrected chi connectivity index (χ2v) is 4.77. The summed E-state index contributed by atoms with van der Waals surface area (Å²) in [6, 6.07) is 6.00. The van der Waals surface area contributed by atoms with Crippen molar-refractivity contribution in [3.8, 4) is 5.75 Å². The smallest absolute Gasteiger partial charge is 0.406 e. The van der Waals surface area contributed by atoms with E-state index >= 15 is 0 Å². The highest BCUT2D eigenvalue weighted by Crippen LogP contribution is 2.49. The minimum Gasteiger partial charge on any atom is -0.406 e. The third-order valence-electron chi connectivity index (χ3n) is 2.98. The number of hydrogen-bond donors (Lipinski definition) is 0. The Balaban J connectivity index is 1.98. The second-order valence-electron chi connectivity index (χ2n) is 4.50. The second kappa shape index (κ2) is 4.41. The lowest BCUT2D eigenvalue weighted by Crippen LogP contribution is -2.17. The largest absolute Gasteiger partial charge is 0.573 e. The van der Waals surface area contributed by atoms with E-state index in [0.717, 1.165) is 24.8 Å². The molecule has 1 aliphatic rings. The van der Waals surface area contributed by atoms with E-state index in [4.69, 9.17) is 11.6 Å². The summed E-state index contributed by atoms with van der Waals surface area (Å²) in [5.74, 6) is 0.422. The van der Waals surface area contributed by atoms with Crippen LogP contribution in [0, 0.1) is 5.41 Å². The van der Waals surface area contributed by atoms with Crippen LogP contribution >= 0.6 is 11.6 Å². The number of ether oxygens (including phenoxy) is 1. The van der Waals surface area contributed by atoms with Crippen molar-refractivity contribution >= 4 is 11.6 Å². The van der Waals surface area contributed by atoms with Crippen LogP contribution in [0.4, 0.5) is 13.2 Å². The summed E-state index contributed by atoms with van der Waals surface area (Å²) in [6.07, 6.45) is -1.62. The molecule has 0 aliphatic heterocycles. The molecule has 0 radical (unpaired) electrons. The number of rotatable bonds is 4. The summed E-state index contributed by atoms with van der Waals surface area (Å²) in [7, 11) is 0. The molecular weight excluding hydrogens is 253 g/mol. The maximum absolute atomic E-state index is 11.9.